The van der Waals surface area contributed by atoms with E-state index in [-0.39, 0.29) is 0 Å². The van der Waals surface area contributed by atoms with Crippen LogP contribution in [0.1, 0.15) is 38.8 Å². The molecule has 4 nitrogen and oxygen atoms in total. The lowest BCUT2D eigenvalue weighted by molar-refractivity contribution is -0.162. The van der Waals surface area contributed by atoms with Crippen LogP contribution < -0.4 is 4.74 Å². The van der Waals surface area contributed by atoms with Crippen molar-refractivity contribution < 1.29 is 14.3 Å². The molecular formula is C15H19NO3. The Morgan fingerprint density at radius 1 is 1.37 bits per heavy atom. The average molecular weight is 261 g/mol. The van der Waals surface area contributed by atoms with Gasteiger partial charge in [-0.15, -0.1) is 0 Å². The van der Waals surface area contributed by atoms with Crippen LogP contribution in [0.15, 0.2) is 18.2 Å². The summed E-state index contributed by atoms with van der Waals surface area (Å²) in [5, 5.41) is 8.85. The number of nitriles is 1. The van der Waals surface area contributed by atoms with Crippen molar-refractivity contribution in [3.63, 3.8) is 0 Å². The van der Waals surface area contributed by atoms with Gasteiger partial charge in [-0.1, -0.05) is 6.07 Å². The summed E-state index contributed by atoms with van der Waals surface area (Å²) < 4.78 is 10.8. The lowest BCUT2D eigenvalue weighted by atomic mass is 10.1. The molecule has 0 N–H and O–H groups in total. The topological polar surface area (TPSA) is 59.3 Å². The first kappa shape index (κ1) is 15.0. The Bertz CT molecular complexity index is 509. The summed E-state index contributed by atoms with van der Waals surface area (Å²) in [5.41, 5.74) is 0.824. The number of esters is 1. The van der Waals surface area contributed by atoms with Crippen molar-refractivity contribution in [1.82, 2.24) is 0 Å². The van der Waals surface area contributed by atoms with Crippen LogP contribution in [-0.2, 0) is 9.53 Å². The Morgan fingerprint density at radius 2 is 2.00 bits per heavy atom. The first-order valence-corrected chi connectivity index (χ1v) is 6.13. The maximum absolute atomic E-state index is 11.8. The number of aryl methyl sites for hydroxylation is 1. The maximum Gasteiger partial charge on any atom is 0.347 e. The van der Waals surface area contributed by atoms with Crippen LogP contribution in [0.25, 0.3) is 0 Å². The SMILES string of the molecule is Cc1ccc(C#N)cc1OC(C)C(=O)OC(C)(C)C. The van der Waals surface area contributed by atoms with E-state index in [2.05, 4.69) is 0 Å². The van der Waals surface area contributed by atoms with Gasteiger partial charge in [0.2, 0.25) is 0 Å². The first-order chi connectivity index (χ1) is 8.73. The quantitative estimate of drug-likeness (QED) is 0.785. The summed E-state index contributed by atoms with van der Waals surface area (Å²) in [6.45, 7) is 8.91. The van der Waals surface area contributed by atoms with Gasteiger partial charge in [0, 0.05) is 0 Å². The van der Waals surface area contributed by atoms with Crippen molar-refractivity contribution >= 4 is 5.97 Å². The second kappa shape index (κ2) is 5.75. The molecule has 102 valence electrons. The smallest absolute Gasteiger partial charge is 0.347 e. The van der Waals surface area contributed by atoms with Gasteiger partial charge in [-0.05, 0) is 52.3 Å². The third kappa shape index (κ3) is 4.63. The van der Waals surface area contributed by atoms with E-state index in [0.717, 1.165) is 5.56 Å². The van der Waals surface area contributed by atoms with Crippen molar-refractivity contribution in [1.29, 1.82) is 5.26 Å². The summed E-state index contributed by atoms with van der Waals surface area (Å²) in [7, 11) is 0. The number of nitrogens with zero attached hydrogens (tertiary/aromatic N) is 1. The van der Waals surface area contributed by atoms with Crippen LogP contribution in [0.5, 0.6) is 5.75 Å². The third-order valence-electron chi connectivity index (χ3n) is 2.36. The fourth-order valence-electron chi connectivity index (χ4n) is 1.42. The van der Waals surface area contributed by atoms with Gasteiger partial charge >= 0.3 is 5.97 Å². The van der Waals surface area contributed by atoms with Crippen LogP contribution >= 0.6 is 0 Å². The number of carbonyl (C=O) groups is 1. The van der Waals surface area contributed by atoms with Gasteiger partial charge in [0.05, 0.1) is 11.6 Å². The monoisotopic (exact) mass is 261 g/mol. The Balaban J connectivity index is 2.80. The molecule has 0 saturated carbocycles. The van der Waals surface area contributed by atoms with Gasteiger partial charge < -0.3 is 9.47 Å². The number of rotatable bonds is 3. The molecule has 0 aromatic heterocycles. The Kier molecular flexibility index (Phi) is 4.55. The number of ether oxygens (including phenoxy) is 2. The van der Waals surface area contributed by atoms with E-state index in [1.54, 1.807) is 45.9 Å². The van der Waals surface area contributed by atoms with Crippen molar-refractivity contribution in [2.24, 2.45) is 0 Å². The van der Waals surface area contributed by atoms with Crippen LogP contribution in [0, 0.1) is 18.3 Å². The Hall–Kier alpha value is -2.02. The Labute approximate surface area is 113 Å². The minimum Gasteiger partial charge on any atom is -0.479 e. The van der Waals surface area contributed by atoms with E-state index in [1.807, 2.05) is 13.0 Å². The van der Waals surface area contributed by atoms with Crippen molar-refractivity contribution in [2.45, 2.75) is 46.3 Å². The summed E-state index contributed by atoms with van der Waals surface area (Å²) in [4.78, 5) is 11.8. The van der Waals surface area contributed by atoms with E-state index >= 15 is 0 Å². The average Bonchev–Trinajstić information content (AvgIpc) is 2.29. The molecule has 1 atom stereocenters. The van der Waals surface area contributed by atoms with Gasteiger partial charge in [0.25, 0.3) is 0 Å². The van der Waals surface area contributed by atoms with Gasteiger partial charge in [-0.25, -0.2) is 4.79 Å². The normalized spacial score (nSPS) is 12.4. The highest BCUT2D eigenvalue weighted by Crippen LogP contribution is 2.21. The number of benzene rings is 1. The van der Waals surface area contributed by atoms with Crippen LogP contribution in [-0.4, -0.2) is 17.7 Å². The van der Waals surface area contributed by atoms with E-state index in [9.17, 15) is 4.79 Å². The predicted molar refractivity (Wildman–Crippen MR) is 71.8 cm³/mol. The molecule has 0 aliphatic carbocycles. The minimum absolute atomic E-state index is 0.422. The molecule has 0 spiro atoms. The van der Waals surface area contributed by atoms with E-state index in [4.69, 9.17) is 14.7 Å². The number of carbonyl (C=O) groups excluding carboxylic acids is 1. The molecule has 0 bridgehead atoms. The number of hydrogen-bond acceptors (Lipinski definition) is 4. The van der Waals surface area contributed by atoms with E-state index < -0.39 is 17.7 Å². The molecule has 0 saturated heterocycles. The summed E-state index contributed by atoms with van der Waals surface area (Å²) in [5.74, 6) is 0.103. The lowest BCUT2D eigenvalue weighted by Gasteiger charge is -2.23. The Morgan fingerprint density at radius 3 is 2.53 bits per heavy atom. The second-order valence-electron chi connectivity index (χ2n) is 5.39. The zero-order valence-electron chi connectivity index (χ0n) is 12.0. The standard InChI is InChI=1S/C15H19NO3/c1-10-6-7-12(9-16)8-13(10)18-11(2)14(17)19-15(3,4)5/h6-8,11H,1-5H3. The second-order valence-corrected chi connectivity index (χ2v) is 5.39. The van der Waals surface area contributed by atoms with E-state index in [1.165, 1.54) is 0 Å². The lowest BCUT2D eigenvalue weighted by Crippen LogP contribution is -2.33. The molecule has 0 heterocycles. The molecule has 0 radical (unpaired) electrons. The van der Waals surface area contributed by atoms with Crippen molar-refractivity contribution in [2.75, 3.05) is 0 Å². The van der Waals surface area contributed by atoms with Crippen molar-refractivity contribution in [3.05, 3.63) is 29.3 Å². The van der Waals surface area contributed by atoms with E-state index in [0.29, 0.717) is 11.3 Å². The highest BCUT2D eigenvalue weighted by atomic mass is 16.6. The van der Waals surface area contributed by atoms with Gasteiger partial charge in [0.1, 0.15) is 11.4 Å². The number of hydrogen-bond donors (Lipinski definition) is 0. The summed E-state index contributed by atoms with van der Waals surface area (Å²) in [6, 6.07) is 7.16. The van der Waals surface area contributed by atoms with Crippen molar-refractivity contribution in [3.8, 4) is 11.8 Å². The van der Waals surface area contributed by atoms with Gasteiger partial charge in [-0.3, -0.25) is 0 Å². The molecular weight excluding hydrogens is 242 g/mol. The zero-order valence-corrected chi connectivity index (χ0v) is 12.0. The first-order valence-electron chi connectivity index (χ1n) is 6.13. The molecule has 1 aromatic carbocycles. The van der Waals surface area contributed by atoms with Gasteiger partial charge in [-0.2, -0.15) is 5.26 Å². The van der Waals surface area contributed by atoms with Crippen LogP contribution in [0.3, 0.4) is 0 Å². The molecule has 4 heteroatoms. The van der Waals surface area contributed by atoms with Gasteiger partial charge in [0.15, 0.2) is 6.10 Å². The highest BCUT2D eigenvalue weighted by Gasteiger charge is 2.23. The molecule has 1 unspecified atom stereocenters. The third-order valence-corrected chi connectivity index (χ3v) is 2.36. The summed E-state index contributed by atoms with van der Waals surface area (Å²) in [6.07, 6.45) is -0.716. The fourth-order valence-corrected chi connectivity index (χ4v) is 1.42. The molecule has 1 aromatic rings. The van der Waals surface area contributed by atoms with Crippen LogP contribution in [0.2, 0.25) is 0 Å². The fraction of sp³-hybridized carbons (Fsp3) is 0.467. The maximum atomic E-state index is 11.8. The molecule has 19 heavy (non-hydrogen) atoms. The van der Waals surface area contributed by atoms with Crippen LogP contribution in [0.4, 0.5) is 0 Å². The molecule has 0 aliphatic heterocycles. The minimum atomic E-state index is -0.716. The molecule has 1 rings (SSSR count). The molecule has 0 fully saturated rings. The largest absolute Gasteiger partial charge is 0.479 e. The molecule has 0 aliphatic rings. The summed E-state index contributed by atoms with van der Waals surface area (Å²) >= 11 is 0. The zero-order chi connectivity index (χ0) is 14.6. The predicted octanol–water partition coefficient (Wildman–Crippen LogP) is 2.98. The highest BCUT2D eigenvalue weighted by molar-refractivity contribution is 5.75. The molecule has 0 amide bonds.